The molecule has 4 heterocycles. The highest BCUT2D eigenvalue weighted by molar-refractivity contribution is 6.43. The van der Waals surface area contributed by atoms with Gasteiger partial charge in [0.25, 0.3) is 11.1 Å². The van der Waals surface area contributed by atoms with Crippen LogP contribution in [0.3, 0.4) is 0 Å². The van der Waals surface area contributed by atoms with Crippen LogP contribution in [0.5, 0.6) is 0 Å². The molecule has 0 fully saturated rings. The van der Waals surface area contributed by atoms with E-state index in [1.807, 2.05) is 48.5 Å². The van der Waals surface area contributed by atoms with Crippen molar-refractivity contribution in [2.24, 2.45) is 0 Å². The molecule has 0 saturated heterocycles. The molecule has 6 nitrogen and oxygen atoms in total. The van der Waals surface area contributed by atoms with Crippen molar-refractivity contribution >= 4 is 98.0 Å². The second kappa shape index (κ2) is 7.12. The number of rotatable bonds is 0. The molecule has 0 amide bonds. The maximum atomic E-state index is 14.3. The van der Waals surface area contributed by atoms with Gasteiger partial charge >= 0.3 is 0 Å². The van der Waals surface area contributed by atoms with Crippen LogP contribution in [-0.2, 0) is 0 Å². The van der Waals surface area contributed by atoms with Crippen molar-refractivity contribution in [2.75, 3.05) is 0 Å². The second-order valence-electron chi connectivity index (χ2n) is 11.6. The van der Waals surface area contributed by atoms with E-state index in [2.05, 4.69) is 0 Å². The van der Waals surface area contributed by atoms with Crippen molar-refractivity contribution in [1.82, 2.24) is 18.8 Å². The summed E-state index contributed by atoms with van der Waals surface area (Å²) >= 11 is 0. The lowest BCUT2D eigenvalue weighted by Crippen LogP contribution is -2.06. The summed E-state index contributed by atoms with van der Waals surface area (Å²) in [5.74, 6) is -0.876. The molecule has 0 spiro atoms. The number of benzene rings is 7. The first-order valence-electron chi connectivity index (χ1n) is 14.1. The van der Waals surface area contributed by atoms with E-state index in [4.69, 9.17) is 9.97 Å². The van der Waals surface area contributed by atoms with Gasteiger partial charge in [-0.2, -0.15) is 0 Å². The van der Waals surface area contributed by atoms with Gasteiger partial charge in [0, 0.05) is 33.7 Å². The third kappa shape index (κ3) is 2.38. The van der Waals surface area contributed by atoms with Crippen molar-refractivity contribution < 1.29 is 8.78 Å². The average Bonchev–Trinajstić information content (AvgIpc) is 3.73. The quantitative estimate of drug-likeness (QED) is 0.139. The maximum Gasteiger partial charge on any atom is 0.265 e. The summed E-state index contributed by atoms with van der Waals surface area (Å²) in [6, 6.07) is 24.3. The van der Waals surface area contributed by atoms with Crippen molar-refractivity contribution in [3.63, 3.8) is 0 Å². The molecule has 0 aliphatic carbocycles. The van der Waals surface area contributed by atoms with Crippen molar-refractivity contribution in [3.05, 3.63) is 117 Å². The Bertz CT molecular complexity index is 3240. The van der Waals surface area contributed by atoms with Crippen LogP contribution < -0.4 is 11.1 Å². The topological polar surface area (TPSA) is 68.7 Å². The highest BCUT2D eigenvalue weighted by atomic mass is 19.1. The number of halogens is 2. The first kappa shape index (κ1) is 22.6. The standard InChI is InChI=1S/C36H14F2N4O2/c37-17-7-9-23-25(13-17)41-33(39-23)21-11-15-3-1-5-19-28(15)30(32(21)36(41)44)20-6-2-4-16-12-22-31(29(19)27(16)20)34-40-24-10-8-18(38)14-26(24)42(34)35(22)43/h1-14H. The molecular weight excluding hydrogens is 558 g/mol. The Labute approximate surface area is 242 Å². The van der Waals surface area contributed by atoms with Gasteiger partial charge < -0.3 is 0 Å². The third-order valence-corrected chi connectivity index (χ3v) is 9.42. The fourth-order valence-electron chi connectivity index (χ4n) is 7.76. The smallest absolute Gasteiger partial charge is 0.265 e. The molecule has 0 radical (unpaired) electrons. The van der Waals surface area contributed by atoms with Crippen LogP contribution >= 0.6 is 0 Å². The van der Waals surface area contributed by atoms with Gasteiger partial charge in [0.2, 0.25) is 0 Å². The minimum absolute atomic E-state index is 0.252. The van der Waals surface area contributed by atoms with E-state index in [1.165, 1.54) is 33.1 Å². The zero-order valence-corrected chi connectivity index (χ0v) is 22.4. The summed E-state index contributed by atoms with van der Waals surface area (Å²) in [7, 11) is 0. The van der Waals surface area contributed by atoms with Gasteiger partial charge in [-0.25, -0.2) is 18.7 Å². The molecule has 0 saturated carbocycles. The van der Waals surface area contributed by atoms with Crippen LogP contribution in [-0.4, -0.2) is 18.8 Å². The average molecular weight is 573 g/mol. The second-order valence-corrected chi connectivity index (χ2v) is 11.6. The van der Waals surface area contributed by atoms with E-state index in [0.717, 1.165) is 43.1 Å². The summed E-state index contributed by atoms with van der Waals surface area (Å²) in [6.45, 7) is 0. The third-order valence-electron chi connectivity index (χ3n) is 9.42. The van der Waals surface area contributed by atoms with Gasteiger partial charge in [-0.3, -0.25) is 18.4 Å². The van der Waals surface area contributed by atoms with Gasteiger partial charge in [0.1, 0.15) is 22.9 Å². The molecule has 0 aliphatic heterocycles. The van der Waals surface area contributed by atoms with Crippen LogP contribution in [0.15, 0.2) is 94.5 Å². The van der Waals surface area contributed by atoms with E-state index < -0.39 is 11.6 Å². The minimum Gasteiger partial charge on any atom is -0.268 e. The lowest BCUT2D eigenvalue weighted by Gasteiger charge is -2.15. The van der Waals surface area contributed by atoms with Crippen molar-refractivity contribution in [1.29, 1.82) is 0 Å². The molecule has 11 rings (SSSR count). The van der Waals surface area contributed by atoms with E-state index in [9.17, 15) is 18.4 Å². The minimum atomic E-state index is -0.439. The van der Waals surface area contributed by atoms with E-state index in [0.29, 0.717) is 54.9 Å². The first-order valence-corrected chi connectivity index (χ1v) is 14.1. The van der Waals surface area contributed by atoms with Crippen molar-refractivity contribution in [3.8, 4) is 0 Å². The zero-order valence-electron chi connectivity index (χ0n) is 22.4. The Morgan fingerprint density at radius 1 is 0.477 bits per heavy atom. The molecule has 0 aliphatic rings. The summed E-state index contributed by atoms with van der Waals surface area (Å²) in [4.78, 5) is 37.8. The van der Waals surface area contributed by atoms with Gasteiger partial charge in [0.15, 0.2) is 0 Å². The monoisotopic (exact) mass is 572 g/mol. The van der Waals surface area contributed by atoms with E-state index in [-0.39, 0.29) is 11.1 Å². The van der Waals surface area contributed by atoms with Gasteiger partial charge in [-0.1, -0.05) is 36.4 Å². The zero-order chi connectivity index (χ0) is 29.2. The Morgan fingerprint density at radius 2 is 1.02 bits per heavy atom. The largest absolute Gasteiger partial charge is 0.268 e. The molecule has 204 valence electrons. The molecule has 0 atom stereocenters. The number of fused-ring (bicyclic) bond motifs is 14. The van der Waals surface area contributed by atoms with Gasteiger partial charge in [-0.05, 0) is 68.7 Å². The SMILES string of the molecule is O=c1c2c(cc3cccc4c3c2c2cccc3cc5c(=O)n6c7cc(F)ccc7nc6c5c4c32)c2nc3ccc(F)cc3n12. The number of hydrogen-bond acceptors (Lipinski definition) is 4. The normalized spacial score (nSPS) is 13.0. The van der Waals surface area contributed by atoms with Gasteiger partial charge in [-0.15, -0.1) is 0 Å². The predicted octanol–water partition coefficient (Wildman–Crippen LogP) is 7.52. The molecule has 7 aromatic carbocycles. The number of imidazole rings is 2. The summed E-state index contributed by atoms with van der Waals surface area (Å²) in [5, 5.41) is 9.40. The molecule has 0 N–H and O–H groups in total. The fourth-order valence-corrected chi connectivity index (χ4v) is 7.76. The lowest BCUT2D eigenvalue weighted by molar-refractivity contribution is 0.629. The highest BCUT2D eigenvalue weighted by Gasteiger charge is 2.26. The first-order chi connectivity index (χ1) is 21.5. The van der Waals surface area contributed by atoms with Crippen LogP contribution in [0, 0.1) is 11.6 Å². The van der Waals surface area contributed by atoms with Gasteiger partial charge in [0.05, 0.1) is 32.8 Å². The van der Waals surface area contributed by atoms with Crippen molar-refractivity contribution in [2.45, 2.75) is 0 Å². The molecule has 44 heavy (non-hydrogen) atoms. The Hall–Kier alpha value is -6.02. The Kier molecular flexibility index (Phi) is 3.65. The van der Waals surface area contributed by atoms with Crippen LogP contribution in [0.2, 0.25) is 0 Å². The summed E-state index contributed by atoms with van der Waals surface area (Å²) in [6.07, 6.45) is 0. The molecular formula is C36H14F2N4O2. The molecule has 8 heteroatoms. The molecule has 4 aromatic heterocycles. The number of nitrogens with zero attached hydrogens (tertiary/aromatic N) is 4. The highest BCUT2D eigenvalue weighted by Crippen LogP contribution is 2.46. The van der Waals surface area contributed by atoms with E-state index in [1.54, 1.807) is 12.1 Å². The summed E-state index contributed by atoms with van der Waals surface area (Å²) < 4.78 is 31.6. The molecule has 0 bridgehead atoms. The van der Waals surface area contributed by atoms with Crippen LogP contribution in [0.4, 0.5) is 8.78 Å². The number of aromatic nitrogens is 4. The van der Waals surface area contributed by atoms with Crippen LogP contribution in [0.1, 0.15) is 0 Å². The molecule has 11 aromatic rings. The molecule has 0 unspecified atom stereocenters. The number of hydrogen-bond donors (Lipinski definition) is 0. The lowest BCUT2D eigenvalue weighted by atomic mass is 9.86. The Morgan fingerprint density at radius 3 is 1.66 bits per heavy atom. The summed E-state index contributed by atoms with van der Waals surface area (Å²) in [5.41, 5.74) is 2.41. The van der Waals surface area contributed by atoms with Crippen LogP contribution in [0.25, 0.3) is 98.0 Å². The predicted molar refractivity (Wildman–Crippen MR) is 170 cm³/mol. The van der Waals surface area contributed by atoms with E-state index >= 15 is 0 Å². The Balaban J connectivity index is 1.46. The maximum absolute atomic E-state index is 14.3. The fraction of sp³-hybridized carbons (Fsp3) is 0.